The van der Waals surface area contributed by atoms with E-state index in [1.807, 2.05) is 53.4 Å². The minimum Gasteiger partial charge on any atom is -0.484 e. The highest BCUT2D eigenvalue weighted by molar-refractivity contribution is 5.78. The molecule has 146 valence electrons. The number of hydrogen-bond donors (Lipinski definition) is 0. The van der Waals surface area contributed by atoms with Crippen LogP contribution < -0.4 is 9.64 Å². The van der Waals surface area contributed by atoms with Crippen LogP contribution >= 0.6 is 0 Å². The molecular weight excluding hydrogens is 350 g/mol. The molecule has 2 aromatic carbocycles. The molecule has 1 aliphatic heterocycles. The maximum atomic E-state index is 12.6. The number of nitrogens with zero attached hydrogens (tertiary/aromatic N) is 3. The SMILES string of the molecule is CC(C)c1ccc(OCC(=O)N2CCCN(c3ccc(C#N)cc3)CC2)cc1. The van der Waals surface area contributed by atoms with Gasteiger partial charge in [-0.2, -0.15) is 5.26 Å². The second-order valence-corrected chi connectivity index (χ2v) is 7.39. The van der Waals surface area contributed by atoms with Crippen LogP contribution in [-0.2, 0) is 4.79 Å². The zero-order valence-electron chi connectivity index (χ0n) is 16.6. The molecule has 1 heterocycles. The lowest BCUT2D eigenvalue weighted by atomic mass is 10.0. The van der Waals surface area contributed by atoms with Crippen LogP contribution in [0.5, 0.6) is 5.75 Å². The molecule has 0 aromatic heterocycles. The Kier molecular flexibility index (Phi) is 6.54. The molecule has 5 nitrogen and oxygen atoms in total. The summed E-state index contributed by atoms with van der Waals surface area (Å²) >= 11 is 0. The Balaban J connectivity index is 1.51. The molecule has 28 heavy (non-hydrogen) atoms. The molecule has 1 aliphatic rings. The summed E-state index contributed by atoms with van der Waals surface area (Å²) in [5.74, 6) is 1.23. The predicted octanol–water partition coefficient (Wildman–Crippen LogP) is 3.80. The van der Waals surface area contributed by atoms with E-state index in [0.717, 1.165) is 37.5 Å². The number of nitriles is 1. The molecule has 0 spiro atoms. The fourth-order valence-corrected chi connectivity index (χ4v) is 3.36. The minimum absolute atomic E-state index is 0.0228. The van der Waals surface area contributed by atoms with Gasteiger partial charge < -0.3 is 14.5 Å². The molecule has 1 saturated heterocycles. The monoisotopic (exact) mass is 377 g/mol. The van der Waals surface area contributed by atoms with Gasteiger partial charge in [-0.15, -0.1) is 0 Å². The van der Waals surface area contributed by atoms with Gasteiger partial charge in [0.1, 0.15) is 5.75 Å². The maximum Gasteiger partial charge on any atom is 0.260 e. The van der Waals surface area contributed by atoms with Crippen molar-refractivity contribution in [3.8, 4) is 11.8 Å². The topological polar surface area (TPSA) is 56.6 Å². The first-order valence-corrected chi connectivity index (χ1v) is 9.82. The third kappa shape index (κ3) is 5.04. The van der Waals surface area contributed by atoms with Gasteiger partial charge >= 0.3 is 0 Å². The van der Waals surface area contributed by atoms with Gasteiger partial charge in [0.2, 0.25) is 0 Å². The predicted molar refractivity (Wildman–Crippen MR) is 111 cm³/mol. The quantitative estimate of drug-likeness (QED) is 0.795. The normalized spacial score (nSPS) is 14.5. The number of hydrogen-bond acceptors (Lipinski definition) is 4. The zero-order chi connectivity index (χ0) is 19.9. The fourth-order valence-electron chi connectivity index (χ4n) is 3.36. The van der Waals surface area contributed by atoms with Crippen molar-refractivity contribution >= 4 is 11.6 Å². The van der Waals surface area contributed by atoms with Crippen molar-refractivity contribution in [3.05, 3.63) is 59.7 Å². The first-order valence-electron chi connectivity index (χ1n) is 9.82. The zero-order valence-corrected chi connectivity index (χ0v) is 16.6. The van der Waals surface area contributed by atoms with Gasteiger partial charge in [0, 0.05) is 31.9 Å². The van der Waals surface area contributed by atoms with Crippen molar-refractivity contribution < 1.29 is 9.53 Å². The summed E-state index contributed by atoms with van der Waals surface area (Å²) in [6, 6.07) is 17.7. The molecule has 5 heteroatoms. The lowest BCUT2D eigenvalue weighted by Gasteiger charge is -2.23. The molecule has 0 N–H and O–H groups in total. The summed E-state index contributed by atoms with van der Waals surface area (Å²) in [4.78, 5) is 16.7. The third-order valence-electron chi connectivity index (χ3n) is 5.12. The number of carbonyl (C=O) groups is 1. The maximum absolute atomic E-state index is 12.6. The third-order valence-corrected chi connectivity index (χ3v) is 5.12. The Morgan fingerprint density at radius 2 is 1.75 bits per heavy atom. The molecule has 2 aromatic rings. The molecule has 0 aliphatic carbocycles. The van der Waals surface area contributed by atoms with Crippen molar-refractivity contribution in [2.75, 3.05) is 37.7 Å². The molecule has 1 fully saturated rings. The average Bonchev–Trinajstić information content (AvgIpc) is 2.99. The van der Waals surface area contributed by atoms with Crippen molar-refractivity contribution in [3.63, 3.8) is 0 Å². The highest BCUT2D eigenvalue weighted by atomic mass is 16.5. The Morgan fingerprint density at radius 3 is 2.39 bits per heavy atom. The molecule has 0 bridgehead atoms. The van der Waals surface area contributed by atoms with E-state index in [2.05, 4.69) is 24.8 Å². The highest BCUT2D eigenvalue weighted by Crippen LogP contribution is 2.19. The van der Waals surface area contributed by atoms with E-state index in [-0.39, 0.29) is 12.5 Å². The Hall–Kier alpha value is -3.00. The van der Waals surface area contributed by atoms with E-state index in [9.17, 15) is 4.79 Å². The summed E-state index contributed by atoms with van der Waals surface area (Å²) < 4.78 is 5.70. The van der Waals surface area contributed by atoms with Crippen LogP contribution in [0.25, 0.3) is 0 Å². The first-order chi connectivity index (χ1) is 13.6. The first kappa shape index (κ1) is 19.8. The van der Waals surface area contributed by atoms with Crippen molar-refractivity contribution in [2.24, 2.45) is 0 Å². The molecule has 0 atom stereocenters. The van der Waals surface area contributed by atoms with Gasteiger partial charge in [-0.1, -0.05) is 26.0 Å². The van der Waals surface area contributed by atoms with Crippen molar-refractivity contribution in [2.45, 2.75) is 26.2 Å². The van der Waals surface area contributed by atoms with Crippen LogP contribution in [0.3, 0.4) is 0 Å². The largest absolute Gasteiger partial charge is 0.484 e. The number of anilines is 1. The summed E-state index contributed by atoms with van der Waals surface area (Å²) in [6.07, 6.45) is 0.912. The van der Waals surface area contributed by atoms with Gasteiger partial charge in [0.05, 0.1) is 11.6 Å². The lowest BCUT2D eigenvalue weighted by molar-refractivity contribution is -0.133. The minimum atomic E-state index is 0.0228. The van der Waals surface area contributed by atoms with Gasteiger partial charge in [0.25, 0.3) is 5.91 Å². The number of amides is 1. The number of benzene rings is 2. The van der Waals surface area contributed by atoms with Crippen molar-refractivity contribution in [1.82, 2.24) is 4.90 Å². The molecule has 0 unspecified atom stereocenters. The van der Waals surface area contributed by atoms with E-state index < -0.39 is 0 Å². The molecule has 0 radical (unpaired) electrons. The Morgan fingerprint density at radius 1 is 1.04 bits per heavy atom. The number of rotatable bonds is 5. The van der Waals surface area contributed by atoms with Crippen LogP contribution in [0, 0.1) is 11.3 Å². The van der Waals surface area contributed by atoms with E-state index in [1.165, 1.54) is 5.56 Å². The van der Waals surface area contributed by atoms with Gasteiger partial charge in [-0.25, -0.2) is 0 Å². The summed E-state index contributed by atoms with van der Waals surface area (Å²) in [7, 11) is 0. The molecule has 0 saturated carbocycles. The van der Waals surface area contributed by atoms with Crippen LogP contribution in [-0.4, -0.2) is 43.6 Å². The second-order valence-electron chi connectivity index (χ2n) is 7.39. The van der Waals surface area contributed by atoms with Crippen LogP contribution in [0.4, 0.5) is 5.69 Å². The lowest BCUT2D eigenvalue weighted by Crippen LogP contribution is -2.38. The van der Waals surface area contributed by atoms with Crippen LogP contribution in [0.1, 0.15) is 37.3 Å². The number of carbonyl (C=O) groups excluding carboxylic acids is 1. The Labute approximate surface area is 167 Å². The number of ether oxygens (including phenoxy) is 1. The summed E-state index contributed by atoms with van der Waals surface area (Å²) in [5, 5.41) is 8.93. The van der Waals surface area contributed by atoms with Crippen molar-refractivity contribution in [1.29, 1.82) is 5.26 Å². The standard InChI is InChI=1S/C23H27N3O2/c1-18(2)20-6-10-22(11-7-20)28-17-23(27)26-13-3-12-25(14-15-26)21-8-4-19(16-24)5-9-21/h4-11,18H,3,12-15,17H2,1-2H3. The fraction of sp³-hybridized carbons (Fsp3) is 0.391. The summed E-state index contributed by atoms with van der Waals surface area (Å²) in [5.41, 5.74) is 3.01. The van der Waals surface area contributed by atoms with E-state index in [0.29, 0.717) is 18.0 Å². The van der Waals surface area contributed by atoms with Crippen LogP contribution in [0.2, 0.25) is 0 Å². The van der Waals surface area contributed by atoms with E-state index in [4.69, 9.17) is 10.00 Å². The second kappa shape index (κ2) is 9.27. The van der Waals surface area contributed by atoms with E-state index >= 15 is 0 Å². The van der Waals surface area contributed by atoms with Gasteiger partial charge in [-0.05, 0) is 54.3 Å². The van der Waals surface area contributed by atoms with Gasteiger partial charge in [0.15, 0.2) is 6.61 Å². The Bertz CT molecular complexity index is 822. The molecular formula is C23H27N3O2. The highest BCUT2D eigenvalue weighted by Gasteiger charge is 2.19. The summed E-state index contributed by atoms with van der Waals surface area (Å²) in [6.45, 7) is 7.46. The average molecular weight is 377 g/mol. The molecule has 3 rings (SSSR count). The van der Waals surface area contributed by atoms with E-state index in [1.54, 1.807) is 0 Å². The van der Waals surface area contributed by atoms with Crippen LogP contribution in [0.15, 0.2) is 48.5 Å². The smallest absolute Gasteiger partial charge is 0.260 e. The van der Waals surface area contributed by atoms with Gasteiger partial charge in [-0.3, -0.25) is 4.79 Å². The molecule has 1 amide bonds.